The molecule has 2 aliphatic heterocycles. The van der Waals surface area contributed by atoms with Gasteiger partial charge in [0.15, 0.2) is 26.3 Å². The Balaban J connectivity index is 1.63. The highest BCUT2D eigenvalue weighted by Crippen LogP contribution is 2.48. The van der Waals surface area contributed by atoms with Gasteiger partial charge in [0, 0.05) is 7.11 Å². The van der Waals surface area contributed by atoms with Crippen LogP contribution in [0.2, 0.25) is 18.1 Å². The molecule has 0 N–H and O–H groups in total. The van der Waals surface area contributed by atoms with E-state index in [1.165, 1.54) is 7.11 Å². The minimum atomic E-state index is -2.57. The normalized spacial score (nSPS) is 26.5. The van der Waals surface area contributed by atoms with Gasteiger partial charge in [0.05, 0.1) is 33.5 Å². The molecule has 5 unspecified atom stereocenters. The molecule has 0 aromatic heterocycles. The summed E-state index contributed by atoms with van der Waals surface area (Å²) < 4.78 is 52.0. The first-order chi connectivity index (χ1) is 23.0. The zero-order valence-corrected chi connectivity index (χ0v) is 30.1. The summed E-state index contributed by atoms with van der Waals surface area (Å²) >= 11 is 0. The highest BCUT2D eigenvalue weighted by molar-refractivity contribution is 6.74. The number of rotatable bonds is 14. The Hall–Kier alpha value is -2.93. The molecule has 3 aromatic rings. The van der Waals surface area contributed by atoms with Crippen LogP contribution < -0.4 is 0 Å². The van der Waals surface area contributed by atoms with Crippen LogP contribution in [-0.4, -0.2) is 77.5 Å². The molecule has 10 heteroatoms. The summed E-state index contributed by atoms with van der Waals surface area (Å²) in [6.45, 7) is 11.5. The molecule has 7 atom stereocenters. The second-order valence-electron chi connectivity index (χ2n) is 13.9. The molecule has 2 heterocycles. The smallest absolute Gasteiger partial charge is 0.336 e. The molecule has 0 saturated carbocycles. The number of hydrogen-bond donors (Lipinski definition) is 0. The summed E-state index contributed by atoms with van der Waals surface area (Å²) in [6.07, 6.45) is -5.37. The Bertz CT molecular complexity index is 1430. The Morgan fingerprint density at radius 1 is 0.833 bits per heavy atom. The molecule has 260 valence electrons. The van der Waals surface area contributed by atoms with Crippen molar-refractivity contribution in [2.75, 3.05) is 20.8 Å². The molecule has 0 bridgehead atoms. The number of hydrogen-bond acceptors (Lipinski definition) is 9. The van der Waals surface area contributed by atoms with E-state index in [-0.39, 0.29) is 24.9 Å². The van der Waals surface area contributed by atoms with Gasteiger partial charge >= 0.3 is 5.97 Å². The van der Waals surface area contributed by atoms with Crippen LogP contribution in [0.4, 0.5) is 0 Å². The highest BCUT2D eigenvalue weighted by atomic mass is 28.4. The molecule has 2 saturated heterocycles. The third-order valence-corrected chi connectivity index (χ3v) is 14.2. The summed E-state index contributed by atoms with van der Waals surface area (Å²) in [4.78, 5) is 13.8. The Morgan fingerprint density at radius 3 is 1.85 bits per heavy atom. The van der Waals surface area contributed by atoms with Crippen molar-refractivity contribution in [3.05, 3.63) is 108 Å². The van der Waals surface area contributed by atoms with Crippen LogP contribution in [0, 0.1) is 0 Å². The third-order valence-electron chi connectivity index (χ3n) is 9.75. The van der Waals surface area contributed by atoms with Gasteiger partial charge in [0.2, 0.25) is 0 Å². The Morgan fingerprint density at radius 2 is 1.35 bits per heavy atom. The average molecular weight is 679 g/mol. The van der Waals surface area contributed by atoms with Crippen molar-refractivity contribution in [1.82, 2.24) is 0 Å². The first-order valence-corrected chi connectivity index (χ1v) is 19.5. The van der Waals surface area contributed by atoms with Crippen LogP contribution in [0.5, 0.6) is 0 Å². The van der Waals surface area contributed by atoms with Gasteiger partial charge in [-0.05, 0) is 34.8 Å². The number of ether oxygens (including phenoxy) is 7. The maximum absolute atomic E-state index is 13.8. The van der Waals surface area contributed by atoms with E-state index in [1.807, 2.05) is 91.0 Å². The van der Waals surface area contributed by atoms with E-state index in [4.69, 9.17) is 37.6 Å². The number of methoxy groups -OCH3 is 2. The van der Waals surface area contributed by atoms with Crippen molar-refractivity contribution >= 4 is 14.3 Å². The minimum Gasteiger partial charge on any atom is -0.467 e. The molecular weight excluding hydrogens is 628 g/mol. The van der Waals surface area contributed by atoms with Crippen LogP contribution in [-0.2, 0) is 62.2 Å². The van der Waals surface area contributed by atoms with Gasteiger partial charge in [0.1, 0.15) is 24.4 Å². The molecular formula is C38H50O9Si. The third kappa shape index (κ3) is 7.92. The Labute approximate surface area is 285 Å². The molecule has 0 aliphatic carbocycles. The largest absolute Gasteiger partial charge is 0.467 e. The van der Waals surface area contributed by atoms with Crippen LogP contribution in [0.25, 0.3) is 0 Å². The predicted molar refractivity (Wildman–Crippen MR) is 183 cm³/mol. The van der Waals surface area contributed by atoms with Gasteiger partial charge in [-0.2, -0.15) is 0 Å². The second kappa shape index (κ2) is 15.7. The Kier molecular flexibility index (Phi) is 11.9. The average Bonchev–Trinajstić information content (AvgIpc) is 3.47. The maximum atomic E-state index is 13.8. The number of carbonyl (C=O) groups excluding carboxylic acids is 1. The van der Waals surface area contributed by atoms with E-state index in [0.29, 0.717) is 6.61 Å². The molecule has 2 aliphatic rings. The van der Waals surface area contributed by atoms with Crippen molar-refractivity contribution in [1.29, 1.82) is 0 Å². The number of fused-ring (bicyclic) bond motifs is 1. The molecule has 5 rings (SSSR count). The first-order valence-electron chi connectivity index (χ1n) is 16.5. The van der Waals surface area contributed by atoms with Gasteiger partial charge in [-0.3, -0.25) is 0 Å². The fourth-order valence-corrected chi connectivity index (χ4v) is 7.29. The van der Waals surface area contributed by atoms with Gasteiger partial charge in [-0.1, -0.05) is 112 Å². The lowest BCUT2D eigenvalue weighted by Crippen LogP contribution is -2.73. The van der Waals surface area contributed by atoms with Crippen molar-refractivity contribution in [2.45, 2.75) is 101 Å². The molecule has 0 spiro atoms. The van der Waals surface area contributed by atoms with Crippen molar-refractivity contribution in [3.8, 4) is 0 Å². The van der Waals surface area contributed by atoms with Crippen LogP contribution in [0.15, 0.2) is 91.0 Å². The maximum Gasteiger partial charge on any atom is 0.336 e. The molecule has 0 amide bonds. The van der Waals surface area contributed by atoms with Crippen molar-refractivity contribution in [2.24, 2.45) is 0 Å². The summed E-state index contributed by atoms with van der Waals surface area (Å²) in [5.74, 6) is -0.565. The summed E-state index contributed by atoms with van der Waals surface area (Å²) in [6, 6.07) is 29.7. The summed E-state index contributed by atoms with van der Waals surface area (Å²) in [7, 11) is 0.345. The standard InChI is InChI=1S/C38H50O9Si/c1-37(2,3)48(6,7)47-32(35(39)40-4)31-33(43-24-28-19-13-9-14-20-28)38(45-25-29-21-15-10-16-22-29)30(26-44-34(38)36(41-5)46-31)42-23-27-17-11-8-12-18-27/h8-22,30-34,36H,23-26H2,1-7H3/t30-,31?,32-,33?,34?,36?,38?/m0/s1. The van der Waals surface area contributed by atoms with E-state index in [2.05, 4.69) is 33.9 Å². The van der Waals surface area contributed by atoms with E-state index in [9.17, 15) is 4.79 Å². The second-order valence-corrected chi connectivity index (χ2v) is 18.7. The summed E-state index contributed by atoms with van der Waals surface area (Å²) in [5.41, 5.74) is 1.62. The lowest BCUT2D eigenvalue weighted by atomic mass is 9.79. The topological polar surface area (TPSA) is 90.9 Å². The SMILES string of the molecule is COC(=O)[C@@H](O[Si](C)(C)C(C)(C)C)C1OC(OC)C2OC[C@H](OCc3ccccc3)C2(OCc2ccccc2)C1OCc1ccccc1. The molecule has 48 heavy (non-hydrogen) atoms. The highest BCUT2D eigenvalue weighted by Gasteiger charge is 2.69. The zero-order chi connectivity index (χ0) is 34.4. The number of benzene rings is 3. The lowest BCUT2D eigenvalue weighted by Gasteiger charge is -2.53. The van der Waals surface area contributed by atoms with Gasteiger partial charge in [0.25, 0.3) is 0 Å². The van der Waals surface area contributed by atoms with Gasteiger partial charge in [-0.25, -0.2) is 4.79 Å². The first kappa shape index (κ1) is 36.4. The number of carbonyl (C=O) groups is 1. The fraction of sp³-hybridized carbons (Fsp3) is 0.500. The predicted octanol–water partition coefficient (Wildman–Crippen LogP) is 6.45. The van der Waals surface area contributed by atoms with Gasteiger partial charge in [-0.15, -0.1) is 0 Å². The molecule has 9 nitrogen and oxygen atoms in total. The van der Waals surface area contributed by atoms with Crippen LogP contribution in [0.3, 0.4) is 0 Å². The quantitative estimate of drug-likeness (QED) is 0.141. The minimum absolute atomic E-state index is 0.194. The monoisotopic (exact) mass is 678 g/mol. The van der Waals surface area contributed by atoms with Crippen molar-refractivity contribution < 1.29 is 42.4 Å². The molecule has 3 aromatic carbocycles. The zero-order valence-electron chi connectivity index (χ0n) is 29.1. The summed E-state index contributed by atoms with van der Waals surface area (Å²) in [5, 5.41) is -0.211. The van der Waals surface area contributed by atoms with E-state index in [0.717, 1.165) is 16.7 Å². The van der Waals surface area contributed by atoms with Crippen LogP contribution in [0.1, 0.15) is 37.5 Å². The van der Waals surface area contributed by atoms with Crippen LogP contribution >= 0.6 is 0 Å². The number of esters is 1. The van der Waals surface area contributed by atoms with Gasteiger partial charge < -0.3 is 37.6 Å². The molecule has 2 fully saturated rings. The molecule has 0 radical (unpaired) electrons. The van der Waals surface area contributed by atoms with E-state index in [1.54, 1.807) is 7.11 Å². The van der Waals surface area contributed by atoms with E-state index < -0.39 is 56.7 Å². The fourth-order valence-electron chi connectivity index (χ4n) is 6.07. The van der Waals surface area contributed by atoms with E-state index >= 15 is 0 Å². The lowest BCUT2D eigenvalue weighted by molar-refractivity contribution is -0.349. The van der Waals surface area contributed by atoms with Crippen molar-refractivity contribution in [3.63, 3.8) is 0 Å².